The molecule has 0 radical (unpaired) electrons. The van der Waals surface area contributed by atoms with Crippen molar-refractivity contribution in [2.24, 2.45) is 10.2 Å². The van der Waals surface area contributed by atoms with Crippen molar-refractivity contribution in [3.05, 3.63) is 64.3 Å². The summed E-state index contributed by atoms with van der Waals surface area (Å²) in [6.07, 6.45) is 0. The molecule has 0 spiro atoms. The topological polar surface area (TPSA) is 166 Å². The number of nitro benzene ring substituents is 1. The number of benzene rings is 2. The summed E-state index contributed by atoms with van der Waals surface area (Å²) >= 11 is 0. The Morgan fingerprint density at radius 1 is 1.18 bits per heavy atom. The maximum Gasteiger partial charge on any atom is 0.298 e. The van der Waals surface area contributed by atoms with Crippen molar-refractivity contribution in [2.75, 3.05) is 5.73 Å². The molecule has 3 rings (SSSR count). The van der Waals surface area contributed by atoms with Crippen LogP contribution in [0.15, 0.2) is 63.7 Å². The van der Waals surface area contributed by atoms with Gasteiger partial charge in [0.15, 0.2) is 17.2 Å². The largest absolute Gasteiger partial charge is 0.382 e. The van der Waals surface area contributed by atoms with Crippen LogP contribution in [0.3, 0.4) is 0 Å². The van der Waals surface area contributed by atoms with Gasteiger partial charge in [-0.15, -0.1) is 10.2 Å². The first-order chi connectivity index (χ1) is 13.2. The third-order valence-corrected chi connectivity index (χ3v) is 4.61. The van der Waals surface area contributed by atoms with Crippen molar-refractivity contribution in [2.45, 2.75) is 11.8 Å². The minimum absolute atomic E-state index is 0.185. The van der Waals surface area contributed by atoms with Crippen molar-refractivity contribution in [1.82, 2.24) is 9.78 Å². The van der Waals surface area contributed by atoms with Gasteiger partial charge in [0.1, 0.15) is 4.90 Å². The fraction of sp³-hybridized carbons (Fsp3) is 0.0625. The molecular formula is C16H14N6O5S. The molecule has 1 aromatic heterocycles. The number of nitrogen functional groups attached to an aromatic ring is 1. The number of hydrogen-bond donors (Lipinski definition) is 2. The fourth-order valence-corrected chi connectivity index (χ4v) is 2.93. The molecule has 3 N–H and O–H groups in total. The maximum absolute atomic E-state index is 11.2. The van der Waals surface area contributed by atoms with Crippen LogP contribution in [0.2, 0.25) is 0 Å². The first kappa shape index (κ1) is 19.1. The smallest absolute Gasteiger partial charge is 0.298 e. The summed E-state index contributed by atoms with van der Waals surface area (Å²) in [5.41, 5.74) is 6.61. The lowest BCUT2D eigenvalue weighted by atomic mass is 10.3. The summed E-state index contributed by atoms with van der Waals surface area (Å²) in [4.78, 5) is 9.78. The molecular weight excluding hydrogens is 388 g/mol. The molecule has 1 heterocycles. The van der Waals surface area contributed by atoms with E-state index in [0.29, 0.717) is 17.4 Å². The van der Waals surface area contributed by atoms with E-state index in [-0.39, 0.29) is 17.2 Å². The Labute approximate surface area is 159 Å². The average molecular weight is 402 g/mol. The van der Waals surface area contributed by atoms with Gasteiger partial charge in [0.2, 0.25) is 0 Å². The third-order valence-electron chi connectivity index (χ3n) is 3.76. The summed E-state index contributed by atoms with van der Waals surface area (Å²) < 4.78 is 32.9. The van der Waals surface area contributed by atoms with E-state index in [1.807, 2.05) is 18.2 Å². The van der Waals surface area contributed by atoms with E-state index in [0.717, 1.165) is 12.1 Å². The molecule has 0 saturated heterocycles. The van der Waals surface area contributed by atoms with Crippen molar-refractivity contribution in [3.63, 3.8) is 0 Å². The van der Waals surface area contributed by atoms with Gasteiger partial charge in [0.05, 0.1) is 16.3 Å². The Morgan fingerprint density at radius 3 is 2.46 bits per heavy atom. The monoisotopic (exact) mass is 402 g/mol. The molecule has 0 aliphatic heterocycles. The van der Waals surface area contributed by atoms with Crippen LogP contribution in [-0.2, 0) is 10.1 Å². The van der Waals surface area contributed by atoms with Crippen LogP contribution < -0.4 is 5.73 Å². The fourth-order valence-electron chi connectivity index (χ4n) is 2.42. The van der Waals surface area contributed by atoms with E-state index in [1.54, 1.807) is 19.1 Å². The van der Waals surface area contributed by atoms with E-state index in [1.165, 1.54) is 4.68 Å². The molecule has 28 heavy (non-hydrogen) atoms. The second kappa shape index (κ2) is 7.17. The zero-order valence-electron chi connectivity index (χ0n) is 14.4. The lowest BCUT2D eigenvalue weighted by Crippen LogP contribution is -2.01. The van der Waals surface area contributed by atoms with Crippen LogP contribution in [0, 0.1) is 17.0 Å². The molecule has 0 unspecified atom stereocenters. The molecule has 3 aromatic rings. The van der Waals surface area contributed by atoms with Crippen molar-refractivity contribution in [3.8, 4) is 5.69 Å². The number of nitrogens with two attached hydrogens (primary N) is 1. The highest BCUT2D eigenvalue weighted by Gasteiger charge is 2.20. The molecule has 2 aromatic carbocycles. The van der Waals surface area contributed by atoms with Gasteiger partial charge in [-0.1, -0.05) is 18.2 Å². The lowest BCUT2D eigenvalue weighted by Gasteiger charge is -2.03. The van der Waals surface area contributed by atoms with Gasteiger partial charge in [-0.2, -0.15) is 13.5 Å². The Balaban J connectivity index is 2.03. The van der Waals surface area contributed by atoms with Gasteiger partial charge in [-0.3, -0.25) is 14.7 Å². The predicted molar refractivity (Wildman–Crippen MR) is 99.8 cm³/mol. The summed E-state index contributed by atoms with van der Waals surface area (Å²) in [7, 11) is -4.59. The molecule has 0 saturated carbocycles. The Morgan fingerprint density at radius 2 is 1.86 bits per heavy atom. The molecule has 12 heteroatoms. The average Bonchev–Trinajstić information content (AvgIpc) is 2.93. The maximum atomic E-state index is 11.2. The van der Waals surface area contributed by atoms with Crippen LogP contribution in [0.1, 0.15) is 5.69 Å². The first-order valence-electron chi connectivity index (χ1n) is 7.76. The highest BCUT2D eigenvalue weighted by molar-refractivity contribution is 7.85. The Bertz CT molecular complexity index is 1190. The summed E-state index contributed by atoms with van der Waals surface area (Å²) in [6, 6.07) is 11.8. The zero-order chi connectivity index (χ0) is 20.5. The van der Waals surface area contributed by atoms with Gasteiger partial charge in [-0.25, -0.2) is 4.68 Å². The third kappa shape index (κ3) is 3.72. The number of anilines is 1. The number of rotatable bonds is 5. The molecule has 11 nitrogen and oxygen atoms in total. The number of aryl methyl sites for hydroxylation is 1. The van der Waals surface area contributed by atoms with E-state index in [4.69, 9.17) is 10.3 Å². The summed E-state index contributed by atoms with van der Waals surface area (Å²) in [6.45, 7) is 1.65. The molecule has 0 fully saturated rings. The highest BCUT2D eigenvalue weighted by atomic mass is 32.2. The van der Waals surface area contributed by atoms with Crippen LogP contribution in [-0.4, -0.2) is 27.7 Å². The summed E-state index contributed by atoms with van der Waals surface area (Å²) in [5.74, 6) is 0.185. The van der Waals surface area contributed by atoms with Gasteiger partial charge in [0, 0.05) is 6.07 Å². The van der Waals surface area contributed by atoms with Crippen molar-refractivity contribution >= 4 is 33.0 Å². The molecule has 0 bridgehead atoms. The Hall–Kier alpha value is -3.64. The number of nitrogens with zero attached hydrogens (tertiary/aromatic N) is 5. The molecule has 0 aliphatic rings. The number of para-hydroxylation sites is 1. The lowest BCUT2D eigenvalue weighted by molar-refractivity contribution is -0.384. The Kier molecular flexibility index (Phi) is 4.90. The van der Waals surface area contributed by atoms with Gasteiger partial charge in [-0.05, 0) is 31.2 Å². The van der Waals surface area contributed by atoms with Crippen LogP contribution in [0.25, 0.3) is 5.69 Å². The van der Waals surface area contributed by atoms with Gasteiger partial charge >= 0.3 is 0 Å². The van der Waals surface area contributed by atoms with Crippen LogP contribution >= 0.6 is 0 Å². The van der Waals surface area contributed by atoms with Crippen molar-refractivity contribution < 1.29 is 17.9 Å². The minimum Gasteiger partial charge on any atom is -0.382 e. The highest BCUT2D eigenvalue weighted by Crippen LogP contribution is 2.34. The van der Waals surface area contributed by atoms with Crippen molar-refractivity contribution in [1.29, 1.82) is 0 Å². The predicted octanol–water partition coefficient (Wildman–Crippen LogP) is 3.33. The first-order valence-corrected chi connectivity index (χ1v) is 9.20. The van der Waals surface area contributed by atoms with E-state index < -0.39 is 25.6 Å². The quantitative estimate of drug-likeness (QED) is 0.286. The second-order valence-corrected chi connectivity index (χ2v) is 7.07. The van der Waals surface area contributed by atoms with Crippen LogP contribution in [0.5, 0.6) is 0 Å². The van der Waals surface area contributed by atoms with Gasteiger partial charge in [0.25, 0.3) is 15.8 Å². The standard InChI is InChI=1S/C16H14N6O5S/c1-10-15(16(17)21(20-10)11-5-3-2-4-6-11)19-18-13-8-7-12(28(25,26)27)9-14(13)22(23)24/h2-9H,17H2,1H3,(H,25,26,27). The minimum atomic E-state index is -4.59. The number of aromatic nitrogens is 2. The van der Waals surface area contributed by atoms with E-state index >= 15 is 0 Å². The molecule has 0 aliphatic carbocycles. The van der Waals surface area contributed by atoms with Crippen LogP contribution in [0.4, 0.5) is 22.9 Å². The SMILES string of the molecule is Cc1nn(-c2ccccc2)c(N)c1N=Nc1ccc(S(=O)(=O)O)cc1[N+](=O)[O-]. The molecule has 0 atom stereocenters. The van der Waals surface area contributed by atoms with E-state index in [9.17, 15) is 18.5 Å². The normalized spacial score (nSPS) is 11.8. The number of hydrogen-bond acceptors (Lipinski definition) is 8. The number of azo groups is 1. The molecule has 0 amide bonds. The second-order valence-electron chi connectivity index (χ2n) is 5.65. The molecule has 144 valence electrons. The number of nitro groups is 1. The summed E-state index contributed by atoms with van der Waals surface area (Å²) in [5, 5.41) is 23.3. The van der Waals surface area contributed by atoms with E-state index in [2.05, 4.69) is 15.3 Å². The van der Waals surface area contributed by atoms with Gasteiger partial charge < -0.3 is 5.73 Å². The zero-order valence-corrected chi connectivity index (χ0v) is 15.2.